The summed E-state index contributed by atoms with van der Waals surface area (Å²) in [6.07, 6.45) is 8.79. The van der Waals surface area contributed by atoms with Crippen molar-refractivity contribution in [1.82, 2.24) is 19.4 Å². The van der Waals surface area contributed by atoms with Crippen LogP contribution < -0.4 is 5.32 Å². The first-order chi connectivity index (χ1) is 13.1. The van der Waals surface area contributed by atoms with Crippen LogP contribution in [0.2, 0.25) is 0 Å². The van der Waals surface area contributed by atoms with Crippen molar-refractivity contribution in [3.8, 4) is 22.3 Å². The van der Waals surface area contributed by atoms with Gasteiger partial charge in [-0.1, -0.05) is 23.5 Å². The van der Waals surface area contributed by atoms with Crippen LogP contribution in [-0.4, -0.2) is 44.1 Å². The Labute approximate surface area is 158 Å². The summed E-state index contributed by atoms with van der Waals surface area (Å²) in [6.45, 7) is 0.0189. The van der Waals surface area contributed by atoms with Crippen molar-refractivity contribution >= 4 is 22.4 Å². The van der Waals surface area contributed by atoms with Gasteiger partial charge in [0.1, 0.15) is 0 Å². The number of hydrogen-bond donors (Lipinski definition) is 1. The van der Waals surface area contributed by atoms with E-state index in [-0.39, 0.29) is 19.5 Å². The first kappa shape index (κ1) is 17.2. The number of alkyl halides is 1. The van der Waals surface area contributed by atoms with Crippen molar-refractivity contribution in [2.75, 3.05) is 18.4 Å². The van der Waals surface area contributed by atoms with Gasteiger partial charge in [0, 0.05) is 37.2 Å². The van der Waals surface area contributed by atoms with Crippen molar-refractivity contribution in [3.05, 3.63) is 49.2 Å². The fraction of sp³-hybridized carbons (Fsp3) is 0.222. The van der Waals surface area contributed by atoms with Crippen molar-refractivity contribution in [3.63, 3.8) is 0 Å². The fourth-order valence-corrected chi connectivity index (χ4v) is 3.76. The molecule has 1 aliphatic heterocycles. The number of amides is 1. The fourth-order valence-electron chi connectivity index (χ4n) is 2.95. The number of carbonyl (C=O) groups is 1. The molecule has 3 aromatic rings. The van der Waals surface area contributed by atoms with Crippen molar-refractivity contribution in [1.29, 1.82) is 5.26 Å². The lowest BCUT2D eigenvalue weighted by atomic mass is 10.1. The molecule has 0 aliphatic carbocycles. The maximum atomic E-state index is 14.7. The van der Waals surface area contributed by atoms with Gasteiger partial charge in [-0.2, -0.15) is 5.26 Å². The van der Waals surface area contributed by atoms with Crippen LogP contribution in [0.4, 0.5) is 9.52 Å². The highest BCUT2D eigenvalue weighted by atomic mass is 32.1. The molecular formula is C18H15FN6OS. The highest BCUT2D eigenvalue weighted by Crippen LogP contribution is 2.32. The van der Waals surface area contributed by atoms with Gasteiger partial charge in [0.2, 0.25) is 5.67 Å². The van der Waals surface area contributed by atoms with Crippen LogP contribution in [0, 0.1) is 11.5 Å². The second kappa shape index (κ2) is 6.81. The van der Waals surface area contributed by atoms with Gasteiger partial charge < -0.3 is 9.47 Å². The van der Waals surface area contributed by atoms with E-state index in [1.807, 2.05) is 41.2 Å². The molecule has 1 aromatic carbocycles. The predicted molar refractivity (Wildman–Crippen MR) is 98.9 cm³/mol. The standard InChI is InChI=1S/C18H15FN6OS/c19-18(4-6-24(10-18)11-20)16(26)23-17-22-9-15(27-17)13-2-1-3-14(8-13)25-7-5-21-12-25/h1-3,5,7-9,12H,4,6,10H2,(H,22,23,26). The molecule has 0 radical (unpaired) electrons. The summed E-state index contributed by atoms with van der Waals surface area (Å²) in [5, 5.41) is 11.7. The minimum atomic E-state index is -2.07. The number of rotatable bonds is 4. The smallest absolute Gasteiger partial charge is 0.265 e. The predicted octanol–water partition coefficient (Wildman–Crippen LogP) is 2.83. The van der Waals surface area contributed by atoms with Gasteiger partial charge in [-0.15, -0.1) is 0 Å². The molecule has 9 heteroatoms. The lowest BCUT2D eigenvalue weighted by Crippen LogP contribution is -2.40. The summed E-state index contributed by atoms with van der Waals surface area (Å²) in [4.78, 5) is 22.6. The zero-order valence-electron chi connectivity index (χ0n) is 14.2. The molecule has 7 nitrogen and oxygen atoms in total. The van der Waals surface area contributed by atoms with Crippen LogP contribution in [0.25, 0.3) is 16.1 Å². The second-order valence-electron chi connectivity index (χ2n) is 6.24. The average molecular weight is 382 g/mol. The summed E-state index contributed by atoms with van der Waals surface area (Å²) in [7, 11) is 0. The number of imidazole rings is 1. The summed E-state index contributed by atoms with van der Waals surface area (Å²) >= 11 is 1.27. The number of nitrogens with zero attached hydrogens (tertiary/aromatic N) is 5. The van der Waals surface area contributed by atoms with Gasteiger partial charge >= 0.3 is 0 Å². The normalized spacial score (nSPS) is 19.0. The molecule has 0 spiro atoms. The van der Waals surface area contributed by atoms with E-state index in [0.29, 0.717) is 5.13 Å². The number of hydrogen-bond acceptors (Lipinski definition) is 6. The number of aromatic nitrogens is 3. The van der Waals surface area contributed by atoms with Gasteiger partial charge in [0.05, 0.1) is 17.7 Å². The van der Waals surface area contributed by atoms with Crippen LogP contribution >= 0.6 is 11.3 Å². The van der Waals surface area contributed by atoms with E-state index in [9.17, 15) is 9.18 Å². The van der Waals surface area contributed by atoms with E-state index in [1.54, 1.807) is 18.7 Å². The Morgan fingerprint density at radius 1 is 1.44 bits per heavy atom. The Hall–Kier alpha value is -3.25. The van der Waals surface area contributed by atoms with Crippen LogP contribution in [0.5, 0.6) is 0 Å². The van der Waals surface area contributed by atoms with Gasteiger partial charge in [-0.05, 0) is 17.7 Å². The van der Waals surface area contributed by atoms with Crippen LogP contribution in [0.3, 0.4) is 0 Å². The average Bonchev–Trinajstić information content (AvgIpc) is 3.43. The lowest BCUT2D eigenvalue weighted by molar-refractivity contribution is -0.126. The third-order valence-corrected chi connectivity index (χ3v) is 5.39. The van der Waals surface area contributed by atoms with Crippen LogP contribution in [0.15, 0.2) is 49.2 Å². The molecule has 136 valence electrons. The van der Waals surface area contributed by atoms with Gasteiger partial charge in [-0.3, -0.25) is 10.1 Å². The van der Waals surface area contributed by atoms with Crippen molar-refractivity contribution in [2.24, 2.45) is 0 Å². The molecule has 2 aromatic heterocycles. The highest BCUT2D eigenvalue weighted by Gasteiger charge is 2.45. The van der Waals surface area contributed by atoms with E-state index in [4.69, 9.17) is 5.26 Å². The Bertz CT molecular complexity index is 1010. The van der Waals surface area contributed by atoms with Crippen molar-refractivity contribution in [2.45, 2.75) is 12.1 Å². The van der Waals surface area contributed by atoms with E-state index in [0.717, 1.165) is 16.1 Å². The zero-order chi connectivity index (χ0) is 18.9. The summed E-state index contributed by atoms with van der Waals surface area (Å²) in [5.74, 6) is -0.756. The number of thiazole rings is 1. The minimum Gasteiger partial charge on any atom is -0.307 e. The number of carbonyl (C=O) groups excluding carboxylic acids is 1. The third kappa shape index (κ3) is 3.39. The van der Waals surface area contributed by atoms with E-state index < -0.39 is 11.6 Å². The van der Waals surface area contributed by atoms with Crippen LogP contribution in [0.1, 0.15) is 6.42 Å². The molecule has 4 rings (SSSR count). The Kier molecular flexibility index (Phi) is 4.33. The SMILES string of the molecule is N#CN1CCC(F)(C(=O)Nc2ncc(-c3cccc(-n4ccnc4)c3)s2)C1. The number of halogens is 1. The van der Waals surface area contributed by atoms with E-state index in [2.05, 4.69) is 15.3 Å². The number of nitrogens with one attached hydrogen (secondary N) is 1. The highest BCUT2D eigenvalue weighted by molar-refractivity contribution is 7.19. The minimum absolute atomic E-state index is 0.00240. The van der Waals surface area contributed by atoms with Gasteiger partial charge in [-0.25, -0.2) is 14.4 Å². The zero-order valence-corrected chi connectivity index (χ0v) is 15.0. The van der Waals surface area contributed by atoms with Crippen molar-refractivity contribution < 1.29 is 9.18 Å². The largest absolute Gasteiger partial charge is 0.307 e. The Morgan fingerprint density at radius 2 is 2.33 bits per heavy atom. The molecule has 1 amide bonds. The van der Waals surface area contributed by atoms with E-state index in [1.165, 1.54) is 16.2 Å². The number of likely N-dealkylation sites (tertiary alicyclic amines) is 1. The maximum Gasteiger partial charge on any atom is 0.265 e. The monoisotopic (exact) mass is 382 g/mol. The Balaban J connectivity index is 1.50. The summed E-state index contributed by atoms with van der Waals surface area (Å²) in [5.41, 5.74) is -0.178. The molecule has 1 atom stereocenters. The Morgan fingerprint density at radius 3 is 3.07 bits per heavy atom. The molecule has 1 N–H and O–H groups in total. The number of benzene rings is 1. The molecule has 0 saturated carbocycles. The first-order valence-electron chi connectivity index (χ1n) is 8.27. The van der Waals surface area contributed by atoms with Crippen LogP contribution in [-0.2, 0) is 4.79 Å². The topological polar surface area (TPSA) is 86.8 Å². The lowest BCUT2D eigenvalue weighted by Gasteiger charge is -2.16. The molecule has 0 bridgehead atoms. The molecular weight excluding hydrogens is 367 g/mol. The molecule has 27 heavy (non-hydrogen) atoms. The summed E-state index contributed by atoms with van der Waals surface area (Å²) in [6, 6.07) is 7.81. The third-order valence-electron chi connectivity index (χ3n) is 4.43. The molecule has 1 aliphatic rings. The number of nitriles is 1. The number of anilines is 1. The second-order valence-corrected chi connectivity index (χ2v) is 7.27. The van der Waals surface area contributed by atoms with Gasteiger partial charge in [0.15, 0.2) is 11.3 Å². The summed E-state index contributed by atoms with van der Waals surface area (Å²) < 4.78 is 16.6. The quantitative estimate of drug-likeness (QED) is 0.701. The molecule has 1 unspecified atom stereocenters. The van der Waals surface area contributed by atoms with Gasteiger partial charge in [0.25, 0.3) is 5.91 Å². The molecule has 1 saturated heterocycles. The molecule has 1 fully saturated rings. The first-order valence-corrected chi connectivity index (χ1v) is 9.09. The maximum absolute atomic E-state index is 14.7. The van der Waals surface area contributed by atoms with E-state index >= 15 is 0 Å². The molecule has 3 heterocycles.